The van der Waals surface area contributed by atoms with E-state index in [-0.39, 0.29) is 31.4 Å². The molecule has 0 aromatic rings. The van der Waals surface area contributed by atoms with E-state index < -0.39 is 11.8 Å². The fourth-order valence-electron chi connectivity index (χ4n) is 0.967. The standard InChI is InChI=1S/C9H20N8O4/c1-6(18)14-11-4-8(20)16-13-5-9(21)17-12-3-7(19)15-10-2/h10-13H,3-5H2,1-2H3,(H,14,18)(H,15,19)(H,16,20)(H,17,21). The van der Waals surface area contributed by atoms with Crippen LogP contribution in [0, 0.1) is 0 Å². The molecule has 12 heteroatoms. The van der Waals surface area contributed by atoms with E-state index in [0.717, 1.165) is 0 Å². The van der Waals surface area contributed by atoms with Crippen molar-refractivity contribution in [1.29, 1.82) is 0 Å². The van der Waals surface area contributed by atoms with Gasteiger partial charge in [0.15, 0.2) is 0 Å². The van der Waals surface area contributed by atoms with Gasteiger partial charge in [0.1, 0.15) is 0 Å². The Morgan fingerprint density at radius 1 is 0.667 bits per heavy atom. The van der Waals surface area contributed by atoms with Crippen molar-refractivity contribution in [3.63, 3.8) is 0 Å². The van der Waals surface area contributed by atoms with Gasteiger partial charge in [0.05, 0.1) is 19.6 Å². The van der Waals surface area contributed by atoms with Crippen LogP contribution >= 0.6 is 0 Å². The van der Waals surface area contributed by atoms with Gasteiger partial charge in [-0.2, -0.15) is 0 Å². The molecule has 0 saturated carbocycles. The van der Waals surface area contributed by atoms with E-state index in [9.17, 15) is 19.2 Å². The van der Waals surface area contributed by atoms with Gasteiger partial charge in [-0.1, -0.05) is 0 Å². The van der Waals surface area contributed by atoms with Crippen LogP contribution in [-0.2, 0) is 19.2 Å². The number of carbonyl (C=O) groups is 4. The summed E-state index contributed by atoms with van der Waals surface area (Å²) < 4.78 is 0. The molecule has 0 atom stereocenters. The van der Waals surface area contributed by atoms with Gasteiger partial charge < -0.3 is 0 Å². The third-order valence-corrected chi connectivity index (χ3v) is 1.73. The first kappa shape index (κ1) is 18.7. The second-order valence-electron chi connectivity index (χ2n) is 3.64. The highest BCUT2D eigenvalue weighted by atomic mass is 16.2. The molecule has 0 fully saturated rings. The molecule has 0 bridgehead atoms. The summed E-state index contributed by atoms with van der Waals surface area (Å²) in [6.45, 7) is 0.820. The fraction of sp³-hybridized carbons (Fsp3) is 0.556. The molecule has 0 aliphatic carbocycles. The molecule has 0 rings (SSSR count). The monoisotopic (exact) mass is 304 g/mol. The minimum atomic E-state index is -0.484. The fourth-order valence-corrected chi connectivity index (χ4v) is 0.967. The minimum absolute atomic E-state index is 0.112. The zero-order valence-corrected chi connectivity index (χ0v) is 11.8. The SMILES string of the molecule is CNNC(=O)CNNC(=O)CNNC(=O)CNNC(C)=O. The Bertz CT molecular complexity index is 375. The van der Waals surface area contributed by atoms with E-state index in [1.54, 1.807) is 0 Å². The molecule has 4 amide bonds. The summed E-state index contributed by atoms with van der Waals surface area (Å²) in [5.74, 6) is -1.65. The number of hydrogen-bond acceptors (Lipinski definition) is 8. The molecular formula is C9H20N8O4. The summed E-state index contributed by atoms with van der Waals surface area (Å²) in [6, 6.07) is 0. The molecule has 0 aliphatic heterocycles. The van der Waals surface area contributed by atoms with Crippen molar-refractivity contribution in [3.05, 3.63) is 0 Å². The zero-order valence-electron chi connectivity index (χ0n) is 11.8. The molecule has 12 nitrogen and oxygen atoms in total. The lowest BCUT2D eigenvalue weighted by Crippen LogP contribution is -2.52. The van der Waals surface area contributed by atoms with Crippen LogP contribution < -0.4 is 43.4 Å². The minimum Gasteiger partial charge on any atom is -0.291 e. The molecule has 0 unspecified atom stereocenters. The van der Waals surface area contributed by atoms with E-state index in [1.165, 1.54) is 14.0 Å². The Morgan fingerprint density at radius 3 is 1.43 bits per heavy atom. The molecular weight excluding hydrogens is 284 g/mol. The van der Waals surface area contributed by atoms with E-state index in [1.807, 2.05) is 0 Å². The highest BCUT2D eigenvalue weighted by molar-refractivity contribution is 5.81. The maximum absolute atomic E-state index is 11.3. The van der Waals surface area contributed by atoms with Crippen LogP contribution in [-0.4, -0.2) is 50.3 Å². The number of amides is 4. The first-order valence-electron chi connectivity index (χ1n) is 5.94. The normalized spacial score (nSPS) is 9.62. The third kappa shape index (κ3) is 12.5. The molecule has 120 valence electrons. The van der Waals surface area contributed by atoms with E-state index in [0.29, 0.717) is 0 Å². The second-order valence-corrected chi connectivity index (χ2v) is 3.64. The van der Waals surface area contributed by atoms with Crippen LogP contribution in [0.4, 0.5) is 0 Å². The average molecular weight is 304 g/mol. The quantitative estimate of drug-likeness (QED) is 0.186. The second kappa shape index (κ2) is 11.5. The molecule has 0 aromatic heterocycles. The van der Waals surface area contributed by atoms with Gasteiger partial charge in [-0.25, -0.2) is 21.7 Å². The van der Waals surface area contributed by atoms with E-state index in [4.69, 9.17) is 0 Å². The molecule has 8 N–H and O–H groups in total. The van der Waals surface area contributed by atoms with Gasteiger partial charge in [0, 0.05) is 14.0 Å². The Balaban J connectivity index is 3.54. The topological polar surface area (TPSA) is 165 Å². The molecule has 0 saturated heterocycles. The van der Waals surface area contributed by atoms with Crippen LogP contribution in [0.25, 0.3) is 0 Å². The highest BCUT2D eigenvalue weighted by Crippen LogP contribution is 1.63. The molecule has 21 heavy (non-hydrogen) atoms. The van der Waals surface area contributed by atoms with Gasteiger partial charge in [0.2, 0.25) is 23.6 Å². The number of nitrogens with one attached hydrogen (secondary N) is 8. The summed E-state index contributed by atoms with van der Waals surface area (Å²) in [5, 5.41) is 0. The lowest BCUT2D eigenvalue weighted by molar-refractivity contribution is -0.123. The number of rotatable bonds is 10. The number of hydrazine groups is 4. The van der Waals surface area contributed by atoms with Gasteiger partial charge >= 0.3 is 0 Å². The molecule has 0 heterocycles. The third-order valence-electron chi connectivity index (χ3n) is 1.73. The Labute approximate surface area is 121 Å². The van der Waals surface area contributed by atoms with Crippen molar-refractivity contribution >= 4 is 23.6 Å². The zero-order chi connectivity index (χ0) is 16.1. The maximum atomic E-state index is 11.3. The van der Waals surface area contributed by atoms with Gasteiger partial charge in [-0.05, 0) is 0 Å². The van der Waals surface area contributed by atoms with Crippen LogP contribution in [0.5, 0.6) is 0 Å². The Kier molecular flexibility index (Phi) is 10.3. The molecule has 0 aliphatic rings. The number of carbonyl (C=O) groups excluding carboxylic acids is 4. The predicted octanol–water partition coefficient (Wildman–Crippen LogP) is -4.88. The lowest BCUT2D eigenvalue weighted by Gasteiger charge is -2.09. The van der Waals surface area contributed by atoms with Crippen LogP contribution in [0.1, 0.15) is 6.92 Å². The maximum Gasteiger partial charge on any atom is 0.249 e. The highest BCUT2D eigenvalue weighted by Gasteiger charge is 2.04. The summed E-state index contributed by atoms with van der Waals surface area (Å²) in [5.41, 5.74) is 18.5. The van der Waals surface area contributed by atoms with Gasteiger partial charge in [-0.3, -0.25) is 40.9 Å². The van der Waals surface area contributed by atoms with Crippen LogP contribution in [0.3, 0.4) is 0 Å². The summed E-state index contributed by atoms with van der Waals surface area (Å²) in [6.07, 6.45) is 0. The summed E-state index contributed by atoms with van der Waals surface area (Å²) in [7, 11) is 1.53. The number of hydrogen-bond donors (Lipinski definition) is 8. The smallest absolute Gasteiger partial charge is 0.249 e. The Morgan fingerprint density at radius 2 is 1.05 bits per heavy atom. The lowest BCUT2D eigenvalue weighted by atomic mass is 10.6. The largest absolute Gasteiger partial charge is 0.291 e. The summed E-state index contributed by atoms with van der Waals surface area (Å²) >= 11 is 0. The first-order chi connectivity index (χ1) is 9.95. The van der Waals surface area contributed by atoms with Crippen molar-refractivity contribution in [2.45, 2.75) is 6.92 Å². The molecule has 0 spiro atoms. The van der Waals surface area contributed by atoms with Crippen molar-refractivity contribution in [1.82, 2.24) is 43.4 Å². The van der Waals surface area contributed by atoms with Crippen LogP contribution in [0.2, 0.25) is 0 Å². The van der Waals surface area contributed by atoms with Crippen molar-refractivity contribution in [3.8, 4) is 0 Å². The van der Waals surface area contributed by atoms with E-state index in [2.05, 4.69) is 43.4 Å². The predicted molar refractivity (Wildman–Crippen MR) is 71.3 cm³/mol. The van der Waals surface area contributed by atoms with Crippen molar-refractivity contribution in [2.24, 2.45) is 0 Å². The average Bonchev–Trinajstić information content (AvgIpc) is 2.38. The van der Waals surface area contributed by atoms with Crippen molar-refractivity contribution < 1.29 is 19.2 Å². The van der Waals surface area contributed by atoms with Gasteiger partial charge in [-0.15, -0.1) is 0 Å². The van der Waals surface area contributed by atoms with Crippen molar-refractivity contribution in [2.75, 3.05) is 26.7 Å². The van der Waals surface area contributed by atoms with Crippen LogP contribution in [0.15, 0.2) is 0 Å². The summed E-state index contributed by atoms with van der Waals surface area (Å²) in [4.78, 5) is 43.9. The van der Waals surface area contributed by atoms with E-state index >= 15 is 0 Å². The molecule has 0 radical (unpaired) electrons. The van der Waals surface area contributed by atoms with Gasteiger partial charge in [0.25, 0.3) is 0 Å². The Hall–Kier alpha value is -2.28. The molecule has 0 aromatic carbocycles. The first-order valence-corrected chi connectivity index (χ1v) is 5.94.